The lowest BCUT2D eigenvalue weighted by Gasteiger charge is -2.06. The zero-order chi connectivity index (χ0) is 20.8. The average Bonchev–Trinajstić information content (AvgIpc) is 3.47. The molecule has 0 saturated heterocycles. The maximum atomic E-state index is 13.4. The van der Waals surface area contributed by atoms with Gasteiger partial charge in [-0.15, -0.1) is 0 Å². The van der Waals surface area contributed by atoms with Crippen molar-refractivity contribution in [3.05, 3.63) is 95.0 Å². The summed E-state index contributed by atoms with van der Waals surface area (Å²) in [6.45, 7) is 1.87. The average molecular weight is 447 g/mol. The molecule has 0 heterocycles. The molecule has 0 aromatic heterocycles. The first-order valence-corrected chi connectivity index (χ1v) is 12.5. The van der Waals surface area contributed by atoms with Crippen LogP contribution in [0.2, 0.25) is 5.02 Å². The van der Waals surface area contributed by atoms with E-state index in [1.165, 1.54) is 24.3 Å². The summed E-state index contributed by atoms with van der Waals surface area (Å²) >= 11 is 5.96. The van der Waals surface area contributed by atoms with E-state index in [0.717, 1.165) is 5.56 Å². The molecular weight excluding hydrogens is 428 g/mol. The molecule has 4 nitrogen and oxygen atoms in total. The summed E-state index contributed by atoms with van der Waals surface area (Å²) in [5, 5.41) is -1.58. The lowest BCUT2D eigenvalue weighted by Crippen LogP contribution is -2.17. The minimum Gasteiger partial charge on any atom is -0.223 e. The predicted octanol–water partition coefficient (Wildman–Crippen LogP) is 4.43. The summed E-state index contributed by atoms with van der Waals surface area (Å²) in [6.07, 6.45) is 0. The van der Waals surface area contributed by atoms with Gasteiger partial charge in [0.2, 0.25) is 0 Å². The van der Waals surface area contributed by atoms with Gasteiger partial charge in [0.15, 0.2) is 19.7 Å². The number of halogens is 1. The van der Waals surface area contributed by atoms with Gasteiger partial charge in [-0.05, 0) is 48.9 Å². The molecule has 3 aromatic rings. The maximum Gasteiger partial charge on any atom is 0.183 e. The standard InChI is InChI=1S/C22H19ClO4S2/c1-15-7-13-19(14-8-15)29(26,27)22-20(16-9-11-17(23)12-10-16)21(22)28(24,25)18-5-3-2-4-6-18/h2-14,20-22H,1H3. The van der Waals surface area contributed by atoms with Gasteiger partial charge in [0, 0.05) is 10.9 Å². The molecule has 0 aliphatic heterocycles. The largest absolute Gasteiger partial charge is 0.223 e. The Balaban J connectivity index is 1.81. The fourth-order valence-electron chi connectivity index (χ4n) is 3.71. The second kappa shape index (κ2) is 7.27. The molecule has 1 aliphatic rings. The maximum absolute atomic E-state index is 13.4. The number of rotatable bonds is 5. The molecule has 0 spiro atoms. The van der Waals surface area contributed by atoms with Crippen molar-refractivity contribution in [2.75, 3.05) is 0 Å². The van der Waals surface area contributed by atoms with Crippen molar-refractivity contribution in [3.63, 3.8) is 0 Å². The van der Waals surface area contributed by atoms with Crippen LogP contribution in [0.1, 0.15) is 17.0 Å². The number of benzene rings is 3. The third-order valence-electron chi connectivity index (χ3n) is 5.28. The Morgan fingerprint density at radius 3 is 1.66 bits per heavy atom. The molecule has 0 amide bonds. The second-order valence-electron chi connectivity index (χ2n) is 7.22. The minimum atomic E-state index is -3.84. The fourth-order valence-corrected chi connectivity index (χ4v) is 8.78. The summed E-state index contributed by atoms with van der Waals surface area (Å²) in [7, 11) is -7.68. The monoisotopic (exact) mass is 446 g/mol. The molecule has 1 saturated carbocycles. The van der Waals surface area contributed by atoms with Crippen LogP contribution in [0.25, 0.3) is 0 Å². The zero-order valence-corrected chi connectivity index (χ0v) is 18.0. The molecule has 0 bridgehead atoms. The van der Waals surface area contributed by atoms with E-state index in [1.54, 1.807) is 54.6 Å². The quantitative estimate of drug-likeness (QED) is 0.581. The lowest BCUT2D eigenvalue weighted by molar-refractivity contribution is 0.587. The number of hydrogen-bond acceptors (Lipinski definition) is 4. The molecule has 1 fully saturated rings. The van der Waals surface area contributed by atoms with Crippen molar-refractivity contribution >= 4 is 31.3 Å². The molecule has 7 heteroatoms. The van der Waals surface area contributed by atoms with Crippen LogP contribution in [-0.4, -0.2) is 27.3 Å². The van der Waals surface area contributed by atoms with Gasteiger partial charge < -0.3 is 0 Å². The molecule has 0 N–H and O–H groups in total. The van der Waals surface area contributed by atoms with Gasteiger partial charge in [-0.25, -0.2) is 16.8 Å². The second-order valence-corrected chi connectivity index (χ2v) is 11.9. The van der Waals surface area contributed by atoms with Crippen molar-refractivity contribution in [2.45, 2.75) is 33.1 Å². The van der Waals surface area contributed by atoms with E-state index in [0.29, 0.717) is 10.6 Å². The molecule has 1 aliphatic carbocycles. The summed E-state index contributed by atoms with van der Waals surface area (Å²) in [5.41, 5.74) is 1.59. The molecule has 0 radical (unpaired) electrons. The van der Waals surface area contributed by atoms with Gasteiger partial charge >= 0.3 is 0 Å². The molecule has 3 aromatic carbocycles. The van der Waals surface area contributed by atoms with Gasteiger partial charge in [-0.3, -0.25) is 0 Å². The Bertz CT molecular complexity index is 1230. The van der Waals surface area contributed by atoms with Gasteiger partial charge in [0.1, 0.15) is 0 Å². The van der Waals surface area contributed by atoms with Gasteiger partial charge in [-0.1, -0.05) is 59.6 Å². The summed E-state index contributed by atoms with van der Waals surface area (Å²) < 4.78 is 53.3. The highest BCUT2D eigenvalue weighted by atomic mass is 35.5. The first-order valence-electron chi connectivity index (χ1n) is 9.08. The predicted molar refractivity (Wildman–Crippen MR) is 114 cm³/mol. The fraction of sp³-hybridized carbons (Fsp3) is 0.182. The Hall–Kier alpha value is -2.15. The van der Waals surface area contributed by atoms with E-state index < -0.39 is 36.1 Å². The highest BCUT2D eigenvalue weighted by molar-refractivity contribution is 7.97. The Morgan fingerprint density at radius 1 is 0.655 bits per heavy atom. The van der Waals surface area contributed by atoms with Crippen LogP contribution in [0.4, 0.5) is 0 Å². The van der Waals surface area contributed by atoms with Crippen LogP contribution in [0, 0.1) is 6.92 Å². The van der Waals surface area contributed by atoms with E-state index in [-0.39, 0.29) is 9.79 Å². The Morgan fingerprint density at radius 2 is 1.14 bits per heavy atom. The highest BCUT2D eigenvalue weighted by Crippen LogP contribution is 2.54. The van der Waals surface area contributed by atoms with Crippen LogP contribution in [-0.2, 0) is 19.7 Å². The molecule has 29 heavy (non-hydrogen) atoms. The third kappa shape index (κ3) is 3.61. The normalized spacial score (nSPS) is 21.7. The first kappa shape index (κ1) is 20.1. The van der Waals surface area contributed by atoms with Crippen LogP contribution >= 0.6 is 11.6 Å². The Labute approximate surface area is 176 Å². The number of aryl methyl sites for hydroxylation is 1. The van der Waals surface area contributed by atoms with Crippen LogP contribution in [0.15, 0.2) is 88.7 Å². The Kier molecular flexibility index (Phi) is 5.05. The van der Waals surface area contributed by atoms with Crippen LogP contribution in [0.3, 0.4) is 0 Å². The van der Waals surface area contributed by atoms with Crippen LogP contribution in [0.5, 0.6) is 0 Å². The van der Waals surface area contributed by atoms with Gasteiger partial charge in [-0.2, -0.15) is 0 Å². The van der Waals surface area contributed by atoms with E-state index in [4.69, 9.17) is 11.6 Å². The van der Waals surface area contributed by atoms with E-state index in [9.17, 15) is 16.8 Å². The minimum absolute atomic E-state index is 0.130. The van der Waals surface area contributed by atoms with Gasteiger partial charge in [0.05, 0.1) is 20.3 Å². The number of sulfone groups is 2. The van der Waals surface area contributed by atoms with Crippen molar-refractivity contribution in [3.8, 4) is 0 Å². The van der Waals surface area contributed by atoms with Gasteiger partial charge in [0.25, 0.3) is 0 Å². The summed E-state index contributed by atoms with van der Waals surface area (Å²) in [5.74, 6) is -0.649. The molecule has 3 atom stereocenters. The number of hydrogen-bond donors (Lipinski definition) is 0. The first-order chi connectivity index (χ1) is 13.7. The van der Waals surface area contributed by atoms with Crippen molar-refractivity contribution in [2.24, 2.45) is 0 Å². The van der Waals surface area contributed by atoms with E-state index in [1.807, 2.05) is 6.92 Å². The van der Waals surface area contributed by atoms with Crippen molar-refractivity contribution in [1.29, 1.82) is 0 Å². The SMILES string of the molecule is Cc1ccc(S(=O)(=O)C2C(c3ccc(Cl)cc3)C2S(=O)(=O)c2ccccc2)cc1. The molecule has 3 unspecified atom stereocenters. The third-order valence-corrected chi connectivity index (χ3v) is 10.2. The lowest BCUT2D eigenvalue weighted by atomic mass is 10.1. The summed E-state index contributed by atoms with van der Waals surface area (Å²) in [4.78, 5) is 0.267. The highest BCUT2D eigenvalue weighted by Gasteiger charge is 2.65. The van der Waals surface area contributed by atoms with Crippen molar-refractivity contribution < 1.29 is 16.8 Å². The smallest absolute Gasteiger partial charge is 0.183 e. The van der Waals surface area contributed by atoms with E-state index in [2.05, 4.69) is 0 Å². The summed E-state index contributed by atoms with van der Waals surface area (Å²) in [6, 6.07) is 21.2. The molecule has 4 rings (SSSR count). The van der Waals surface area contributed by atoms with E-state index >= 15 is 0 Å². The van der Waals surface area contributed by atoms with Crippen molar-refractivity contribution in [1.82, 2.24) is 0 Å². The van der Waals surface area contributed by atoms with Crippen LogP contribution < -0.4 is 0 Å². The molecular formula is C22H19ClO4S2. The topological polar surface area (TPSA) is 68.3 Å². The zero-order valence-electron chi connectivity index (χ0n) is 15.6. The molecule has 150 valence electrons.